The topological polar surface area (TPSA) is 71.3 Å². The van der Waals surface area contributed by atoms with Gasteiger partial charge in [-0.3, -0.25) is 4.99 Å². The highest BCUT2D eigenvalue weighted by molar-refractivity contribution is 7.90. The fourth-order valence-corrected chi connectivity index (χ4v) is 4.42. The third kappa shape index (κ3) is 3.77. The van der Waals surface area contributed by atoms with E-state index in [2.05, 4.69) is 9.98 Å². The second-order valence-electron chi connectivity index (χ2n) is 6.68. The number of fused-ring (bicyclic) bond motifs is 3. The summed E-state index contributed by atoms with van der Waals surface area (Å²) >= 11 is 6.43. The number of hydrogen-bond donors (Lipinski definition) is 0. The maximum Gasteiger partial charge on any atom is 0.154 e. The molecule has 2 aliphatic heterocycles. The number of aliphatic imine (C=N–C) groups is 2. The Morgan fingerprint density at radius 1 is 1.25 bits per heavy atom. The summed E-state index contributed by atoms with van der Waals surface area (Å²) in [6.45, 7) is 3.31. The molecular weight excluding hydrogens is 398 g/mol. The van der Waals surface area contributed by atoms with Crippen molar-refractivity contribution in [3.63, 3.8) is 0 Å². The number of benzene rings is 2. The Balaban J connectivity index is 1.64. The van der Waals surface area contributed by atoms with Gasteiger partial charge in [0, 0.05) is 24.4 Å². The van der Waals surface area contributed by atoms with Gasteiger partial charge in [0.05, 0.1) is 22.8 Å². The van der Waals surface area contributed by atoms with Gasteiger partial charge in [0.15, 0.2) is 9.84 Å². The van der Waals surface area contributed by atoms with Crippen LogP contribution in [0, 0.1) is 0 Å². The fraction of sp³-hybridized carbons (Fsp3) is 0.300. The number of halogens is 1. The number of amidine groups is 1. The number of hydrogen-bond acceptors (Lipinski definition) is 6. The molecule has 2 aromatic carbocycles. The molecule has 0 spiro atoms. The minimum Gasteiger partial charge on any atom is -0.456 e. The van der Waals surface area contributed by atoms with Crippen LogP contribution < -0.4 is 4.74 Å². The lowest BCUT2D eigenvalue weighted by Crippen LogP contribution is -2.36. The first-order chi connectivity index (χ1) is 13.5. The van der Waals surface area contributed by atoms with E-state index in [9.17, 15) is 8.42 Å². The van der Waals surface area contributed by atoms with Gasteiger partial charge in [-0.05, 0) is 36.2 Å². The molecule has 2 heterocycles. The van der Waals surface area contributed by atoms with Gasteiger partial charge in [-0.1, -0.05) is 30.7 Å². The molecule has 0 amide bonds. The zero-order chi connectivity index (χ0) is 19.7. The molecule has 0 atom stereocenters. The van der Waals surface area contributed by atoms with E-state index in [1.807, 2.05) is 29.4 Å². The molecule has 0 saturated heterocycles. The van der Waals surface area contributed by atoms with Crippen molar-refractivity contribution >= 4 is 39.3 Å². The van der Waals surface area contributed by atoms with Crippen LogP contribution in [-0.2, 0) is 15.6 Å². The first-order valence-corrected chi connectivity index (χ1v) is 11.3. The lowest BCUT2D eigenvalue weighted by Gasteiger charge is -2.29. The first-order valence-electron chi connectivity index (χ1n) is 9.12. The van der Waals surface area contributed by atoms with Crippen LogP contribution in [0.5, 0.6) is 11.5 Å². The number of rotatable bonds is 5. The molecule has 0 saturated carbocycles. The van der Waals surface area contributed by atoms with Crippen LogP contribution in [-0.4, -0.2) is 44.3 Å². The van der Waals surface area contributed by atoms with E-state index in [0.29, 0.717) is 22.1 Å². The number of ether oxygens (including phenoxy) is 1. The minimum atomic E-state index is -3.19. The van der Waals surface area contributed by atoms with Crippen LogP contribution in [0.1, 0.15) is 24.5 Å². The van der Waals surface area contributed by atoms with Crippen molar-refractivity contribution in [3.8, 4) is 11.5 Å². The lowest BCUT2D eigenvalue weighted by atomic mass is 10.1. The average Bonchev–Trinajstić information content (AvgIpc) is 2.71. The van der Waals surface area contributed by atoms with Crippen molar-refractivity contribution in [2.45, 2.75) is 19.1 Å². The van der Waals surface area contributed by atoms with Crippen molar-refractivity contribution in [2.75, 3.05) is 18.8 Å². The fourth-order valence-electron chi connectivity index (χ4n) is 3.19. The molecule has 0 aromatic heterocycles. The van der Waals surface area contributed by atoms with Gasteiger partial charge in [-0.25, -0.2) is 13.4 Å². The van der Waals surface area contributed by atoms with Crippen LogP contribution in [0.4, 0.5) is 5.69 Å². The van der Waals surface area contributed by atoms with Crippen molar-refractivity contribution in [3.05, 3.63) is 52.5 Å². The van der Waals surface area contributed by atoms with Crippen LogP contribution in [0.25, 0.3) is 0 Å². The predicted molar refractivity (Wildman–Crippen MR) is 112 cm³/mol. The largest absolute Gasteiger partial charge is 0.456 e. The molecule has 4 rings (SSSR count). The van der Waals surface area contributed by atoms with Crippen molar-refractivity contribution in [2.24, 2.45) is 9.98 Å². The van der Waals surface area contributed by atoms with E-state index in [1.54, 1.807) is 25.1 Å². The van der Waals surface area contributed by atoms with Crippen molar-refractivity contribution in [1.82, 2.24) is 4.90 Å². The lowest BCUT2D eigenvalue weighted by molar-refractivity contribution is 0.482. The number of sulfone groups is 1. The Morgan fingerprint density at radius 3 is 2.93 bits per heavy atom. The van der Waals surface area contributed by atoms with Gasteiger partial charge in [0.1, 0.15) is 17.3 Å². The quantitative estimate of drug-likeness (QED) is 0.731. The molecule has 6 nitrogen and oxygen atoms in total. The van der Waals surface area contributed by atoms with Gasteiger partial charge in [-0.15, -0.1) is 0 Å². The summed E-state index contributed by atoms with van der Waals surface area (Å²) in [5.41, 5.74) is 2.30. The molecule has 0 radical (unpaired) electrons. The molecule has 8 heteroatoms. The maximum atomic E-state index is 12.0. The molecular formula is C20H20ClN3O3S. The molecule has 0 unspecified atom stereocenters. The summed E-state index contributed by atoms with van der Waals surface area (Å²) in [6.07, 6.45) is 2.82. The Bertz CT molecular complexity index is 1080. The van der Waals surface area contributed by atoms with Crippen LogP contribution in [0.3, 0.4) is 0 Å². The van der Waals surface area contributed by atoms with Gasteiger partial charge in [0.25, 0.3) is 0 Å². The van der Waals surface area contributed by atoms with Crippen LogP contribution in [0.2, 0.25) is 5.02 Å². The standard InChI is InChI=1S/C20H20ClN3O3S/c1-2-28(25,26)12-14-5-3-6-18(19(14)21)27-15-7-8-17-16(11-15)20-22-9-4-10-24(20)13-23-17/h3,5-8,11,13H,2,4,9-10,12H2,1H3. The van der Waals surface area contributed by atoms with Crippen LogP contribution in [0.15, 0.2) is 46.4 Å². The summed E-state index contributed by atoms with van der Waals surface area (Å²) < 4.78 is 29.9. The summed E-state index contributed by atoms with van der Waals surface area (Å²) in [7, 11) is -3.19. The van der Waals surface area contributed by atoms with E-state index >= 15 is 0 Å². The van der Waals surface area contributed by atoms with Gasteiger partial charge >= 0.3 is 0 Å². The third-order valence-electron chi connectivity index (χ3n) is 4.72. The Morgan fingerprint density at radius 2 is 2.11 bits per heavy atom. The molecule has 0 fully saturated rings. The zero-order valence-electron chi connectivity index (χ0n) is 15.4. The zero-order valence-corrected chi connectivity index (χ0v) is 17.0. The predicted octanol–water partition coefficient (Wildman–Crippen LogP) is 4.19. The Hall–Kier alpha value is -2.38. The highest BCUT2D eigenvalue weighted by Gasteiger charge is 2.23. The molecule has 0 N–H and O–H groups in total. The highest BCUT2D eigenvalue weighted by Crippen LogP contribution is 2.36. The Kier molecular flexibility index (Phi) is 5.12. The van der Waals surface area contributed by atoms with Crippen molar-refractivity contribution < 1.29 is 13.2 Å². The number of nitrogens with zero attached hydrogens (tertiary/aromatic N) is 3. The van der Waals surface area contributed by atoms with Gasteiger partial charge < -0.3 is 9.64 Å². The second kappa shape index (κ2) is 7.56. The van der Waals surface area contributed by atoms with E-state index in [1.165, 1.54) is 0 Å². The summed E-state index contributed by atoms with van der Waals surface area (Å²) in [6, 6.07) is 10.8. The van der Waals surface area contributed by atoms with Crippen LogP contribution >= 0.6 is 11.6 Å². The third-order valence-corrected chi connectivity index (χ3v) is 6.78. The normalized spacial score (nSPS) is 15.6. The minimum absolute atomic E-state index is 0.0678. The monoisotopic (exact) mass is 417 g/mol. The van der Waals surface area contributed by atoms with E-state index in [4.69, 9.17) is 16.3 Å². The first kappa shape index (κ1) is 19.0. The smallest absolute Gasteiger partial charge is 0.154 e. The summed E-state index contributed by atoms with van der Waals surface area (Å²) in [5, 5.41) is 0.312. The maximum absolute atomic E-state index is 12.0. The molecule has 146 valence electrons. The van der Waals surface area contributed by atoms with E-state index in [-0.39, 0.29) is 11.5 Å². The Labute approximate surface area is 169 Å². The molecule has 0 aliphatic carbocycles. The van der Waals surface area contributed by atoms with E-state index < -0.39 is 9.84 Å². The van der Waals surface area contributed by atoms with E-state index in [0.717, 1.165) is 36.6 Å². The molecule has 2 aliphatic rings. The van der Waals surface area contributed by atoms with Crippen molar-refractivity contribution in [1.29, 1.82) is 0 Å². The molecule has 0 bridgehead atoms. The second-order valence-corrected chi connectivity index (χ2v) is 9.41. The highest BCUT2D eigenvalue weighted by atomic mass is 35.5. The van der Waals surface area contributed by atoms with Gasteiger partial charge in [-0.2, -0.15) is 0 Å². The molecule has 28 heavy (non-hydrogen) atoms. The SMILES string of the molecule is CCS(=O)(=O)Cc1cccc(Oc2ccc3c(c2)C2=NCCCN2C=N3)c1Cl. The van der Waals surface area contributed by atoms with Gasteiger partial charge in [0.2, 0.25) is 0 Å². The average molecular weight is 418 g/mol. The molecule has 2 aromatic rings. The summed E-state index contributed by atoms with van der Waals surface area (Å²) in [5.74, 6) is 1.88. The summed E-state index contributed by atoms with van der Waals surface area (Å²) in [4.78, 5) is 11.1.